The summed E-state index contributed by atoms with van der Waals surface area (Å²) in [6.07, 6.45) is -0.165. The average Bonchev–Trinajstić information content (AvgIpc) is 2.08. The topological polar surface area (TPSA) is 78.8 Å². The minimum atomic E-state index is -3.71. The molecule has 0 aliphatic heterocycles. The summed E-state index contributed by atoms with van der Waals surface area (Å²) in [7, 11) is -2.17. The Bertz CT molecular complexity index is 355. The fourth-order valence-electron chi connectivity index (χ4n) is 0.920. The van der Waals surface area contributed by atoms with E-state index in [4.69, 9.17) is 4.52 Å². The van der Waals surface area contributed by atoms with Gasteiger partial charge in [0.1, 0.15) is 6.29 Å². The lowest BCUT2D eigenvalue weighted by Crippen LogP contribution is -2.11. The molecule has 0 aliphatic carbocycles. The van der Waals surface area contributed by atoms with Gasteiger partial charge in [-0.25, -0.2) is 4.57 Å². The first-order valence-corrected chi connectivity index (χ1v) is 5.75. The van der Waals surface area contributed by atoms with Gasteiger partial charge < -0.3 is 19.8 Å². The second-order valence-electron chi connectivity index (χ2n) is 2.71. The minimum Gasteiger partial charge on any atom is -0.504 e. The smallest absolute Gasteiger partial charge is 0.390 e. The zero-order valence-electron chi connectivity index (χ0n) is 7.67. The van der Waals surface area contributed by atoms with Gasteiger partial charge in [0.2, 0.25) is 0 Å². The van der Waals surface area contributed by atoms with Crippen molar-refractivity contribution in [3.05, 3.63) is 24.3 Å². The molecule has 5 nitrogen and oxygen atoms in total. The van der Waals surface area contributed by atoms with Gasteiger partial charge in [0.15, 0.2) is 11.5 Å². The Hall–Kier alpha value is -1.03. The van der Waals surface area contributed by atoms with E-state index in [1.807, 2.05) is 0 Å². The molecule has 3 N–H and O–H groups in total. The fraction of sp³-hybridized carbons (Fsp3) is 0.250. The molecule has 1 unspecified atom stereocenters. The molecule has 0 aromatic heterocycles. The van der Waals surface area contributed by atoms with Crippen LogP contribution >= 0.6 is 7.60 Å². The van der Waals surface area contributed by atoms with Crippen molar-refractivity contribution in [3.8, 4) is 11.5 Å². The molecule has 1 rings (SSSR count). The van der Waals surface area contributed by atoms with Crippen LogP contribution in [0.1, 0.15) is 0 Å². The molecule has 0 radical (unpaired) electrons. The highest BCUT2D eigenvalue weighted by Gasteiger charge is 2.20. The Morgan fingerprint density at radius 1 is 1.50 bits per heavy atom. The lowest BCUT2D eigenvalue weighted by Gasteiger charge is -2.13. The molecule has 0 bridgehead atoms. The number of hydrogen-bond donors (Lipinski definition) is 3. The van der Waals surface area contributed by atoms with E-state index in [-0.39, 0.29) is 17.8 Å². The van der Waals surface area contributed by atoms with Crippen LogP contribution in [0.2, 0.25) is 0 Å². The Kier molecular flexibility index (Phi) is 3.52. The van der Waals surface area contributed by atoms with Gasteiger partial charge in [0, 0.05) is 0 Å². The van der Waals surface area contributed by atoms with E-state index in [1.54, 1.807) is 12.1 Å². The second kappa shape index (κ2) is 4.46. The summed E-state index contributed by atoms with van der Waals surface area (Å²) in [5.41, 5.74) is 0. The molecule has 1 aromatic rings. The Morgan fingerprint density at radius 2 is 2.14 bits per heavy atom. The average molecular weight is 217 g/mol. The fourth-order valence-corrected chi connectivity index (χ4v) is 1.85. The molecule has 1 atom stereocenters. The molecule has 1 aromatic carbocycles. The number of phenols is 1. The molecule has 6 heteroatoms. The summed E-state index contributed by atoms with van der Waals surface area (Å²) in [4.78, 5) is 9.25. The van der Waals surface area contributed by atoms with Crippen LogP contribution in [0.3, 0.4) is 0 Å². The highest BCUT2D eigenvalue weighted by atomic mass is 31.2. The highest BCUT2D eigenvalue weighted by Crippen LogP contribution is 2.43. The van der Waals surface area contributed by atoms with Crippen LogP contribution in [0.5, 0.6) is 11.5 Å². The highest BCUT2D eigenvalue weighted by molar-refractivity contribution is 7.53. The number of hydrogen-bond acceptors (Lipinski definition) is 4. The third-order valence-electron chi connectivity index (χ3n) is 1.46. The third-order valence-corrected chi connectivity index (χ3v) is 2.66. The Balaban J connectivity index is 2.78. The van der Waals surface area contributed by atoms with Gasteiger partial charge >= 0.3 is 7.60 Å². The molecular formula is C8H12NO4P. The predicted octanol–water partition coefficient (Wildman–Crippen LogP) is 1.13. The molecule has 0 heterocycles. The summed E-state index contributed by atoms with van der Waals surface area (Å²) in [6, 6.07) is 6.01. The van der Waals surface area contributed by atoms with E-state index in [9.17, 15) is 14.6 Å². The number of nitrogens with one attached hydrogen (secondary N) is 1. The second-order valence-corrected chi connectivity index (χ2v) is 4.48. The zero-order valence-corrected chi connectivity index (χ0v) is 8.57. The zero-order chi connectivity index (χ0) is 10.6. The summed E-state index contributed by atoms with van der Waals surface area (Å²) in [6.45, 7) is 0. The number of para-hydroxylation sites is 2. The SMILES string of the molecule is CNCP(=O)(O)Oc1ccccc1O. The lowest BCUT2D eigenvalue weighted by atomic mass is 10.3. The number of rotatable bonds is 4. The molecule has 0 amide bonds. The van der Waals surface area contributed by atoms with E-state index < -0.39 is 7.60 Å². The normalized spacial score (nSPS) is 14.7. The van der Waals surface area contributed by atoms with Gasteiger partial charge in [-0.05, 0) is 19.2 Å². The maximum atomic E-state index is 11.3. The molecule has 0 saturated heterocycles. The van der Waals surface area contributed by atoms with Gasteiger partial charge in [0.05, 0.1) is 0 Å². The van der Waals surface area contributed by atoms with Crippen molar-refractivity contribution in [3.63, 3.8) is 0 Å². The third kappa shape index (κ3) is 3.03. The van der Waals surface area contributed by atoms with Gasteiger partial charge in [-0.15, -0.1) is 0 Å². The maximum absolute atomic E-state index is 11.3. The standard InChI is InChI=1S/C8H12NO4P/c1-9-6-14(11,12)13-8-5-3-2-4-7(8)10/h2-5,9-10H,6H2,1H3,(H,11,12). The van der Waals surface area contributed by atoms with Gasteiger partial charge in [-0.1, -0.05) is 12.1 Å². The van der Waals surface area contributed by atoms with Gasteiger partial charge in [0.25, 0.3) is 0 Å². The van der Waals surface area contributed by atoms with E-state index in [1.165, 1.54) is 19.2 Å². The van der Waals surface area contributed by atoms with Crippen LogP contribution < -0.4 is 9.84 Å². The number of aromatic hydroxyl groups is 1. The van der Waals surface area contributed by atoms with Gasteiger partial charge in [-0.2, -0.15) is 0 Å². The van der Waals surface area contributed by atoms with Gasteiger partial charge in [-0.3, -0.25) is 0 Å². The molecule has 0 saturated carbocycles. The maximum Gasteiger partial charge on any atom is 0.390 e. The van der Waals surface area contributed by atoms with Crippen LogP contribution in [-0.2, 0) is 4.57 Å². The van der Waals surface area contributed by atoms with Crippen LogP contribution in [0, 0.1) is 0 Å². The number of benzene rings is 1. The molecule has 0 fully saturated rings. The van der Waals surface area contributed by atoms with Crippen LogP contribution in [-0.4, -0.2) is 23.3 Å². The van der Waals surface area contributed by atoms with Crippen molar-refractivity contribution in [1.82, 2.24) is 5.32 Å². The monoisotopic (exact) mass is 217 g/mol. The molecule has 14 heavy (non-hydrogen) atoms. The van der Waals surface area contributed by atoms with Crippen molar-refractivity contribution in [2.45, 2.75) is 0 Å². The molecular weight excluding hydrogens is 205 g/mol. The molecule has 78 valence electrons. The largest absolute Gasteiger partial charge is 0.504 e. The van der Waals surface area contributed by atoms with Crippen molar-refractivity contribution in [2.24, 2.45) is 0 Å². The quantitative estimate of drug-likeness (QED) is 0.659. The lowest BCUT2D eigenvalue weighted by molar-refractivity contribution is 0.362. The first-order chi connectivity index (χ1) is 6.55. The van der Waals surface area contributed by atoms with Crippen molar-refractivity contribution < 1.29 is 19.1 Å². The first-order valence-electron chi connectivity index (χ1n) is 3.99. The Morgan fingerprint density at radius 3 is 2.71 bits per heavy atom. The summed E-state index contributed by atoms with van der Waals surface area (Å²) < 4.78 is 16.1. The molecule has 0 aliphatic rings. The first kappa shape index (κ1) is 11.0. The minimum absolute atomic E-state index is 0.00795. The van der Waals surface area contributed by atoms with Crippen molar-refractivity contribution >= 4 is 7.60 Å². The Labute approximate surface area is 81.9 Å². The summed E-state index contributed by atoms with van der Waals surface area (Å²) >= 11 is 0. The summed E-state index contributed by atoms with van der Waals surface area (Å²) in [5.74, 6) is -0.147. The van der Waals surface area contributed by atoms with E-state index in [0.29, 0.717) is 0 Å². The van der Waals surface area contributed by atoms with E-state index in [0.717, 1.165) is 0 Å². The van der Waals surface area contributed by atoms with E-state index in [2.05, 4.69) is 5.32 Å². The van der Waals surface area contributed by atoms with E-state index >= 15 is 0 Å². The predicted molar refractivity (Wildman–Crippen MR) is 52.5 cm³/mol. The van der Waals surface area contributed by atoms with Crippen molar-refractivity contribution in [1.29, 1.82) is 0 Å². The molecule has 0 spiro atoms. The number of phenolic OH excluding ortho intramolecular Hbond substituents is 1. The summed E-state index contributed by atoms with van der Waals surface area (Å²) in [5, 5.41) is 11.8. The van der Waals surface area contributed by atoms with Crippen LogP contribution in [0.25, 0.3) is 0 Å². The van der Waals surface area contributed by atoms with Crippen LogP contribution in [0.4, 0.5) is 0 Å². The van der Waals surface area contributed by atoms with Crippen molar-refractivity contribution in [2.75, 3.05) is 13.3 Å². The van der Waals surface area contributed by atoms with Crippen LogP contribution in [0.15, 0.2) is 24.3 Å².